The molecular formula is C17H26BrN3. The Bertz CT molecular complexity index is 453. The highest BCUT2D eigenvalue weighted by atomic mass is 79.9. The van der Waals surface area contributed by atoms with Gasteiger partial charge in [-0.25, -0.2) is 0 Å². The Morgan fingerprint density at radius 2 is 1.90 bits per heavy atom. The second kappa shape index (κ2) is 7.23. The summed E-state index contributed by atoms with van der Waals surface area (Å²) >= 11 is 3.67. The Balaban J connectivity index is 1.48. The molecule has 4 heteroatoms. The van der Waals surface area contributed by atoms with Crippen LogP contribution in [0.25, 0.3) is 0 Å². The van der Waals surface area contributed by atoms with Gasteiger partial charge in [0.15, 0.2) is 0 Å². The van der Waals surface area contributed by atoms with E-state index < -0.39 is 0 Å². The van der Waals surface area contributed by atoms with Crippen molar-refractivity contribution in [3.8, 4) is 0 Å². The maximum Gasteiger partial charge on any atom is 0.0340 e. The highest BCUT2D eigenvalue weighted by molar-refractivity contribution is 9.10. The van der Waals surface area contributed by atoms with E-state index in [2.05, 4.69) is 62.4 Å². The van der Waals surface area contributed by atoms with E-state index in [9.17, 15) is 0 Å². The van der Waals surface area contributed by atoms with Crippen LogP contribution in [-0.2, 0) is 0 Å². The minimum Gasteiger partial charge on any atom is -0.313 e. The molecule has 1 N–H and O–H groups in total. The zero-order chi connectivity index (χ0) is 14.7. The SMILES string of the molecule is CNC(CCN1CCN(C2CC2)CC1)c1ccccc1Br. The van der Waals surface area contributed by atoms with Crippen LogP contribution < -0.4 is 5.32 Å². The molecule has 1 unspecified atom stereocenters. The van der Waals surface area contributed by atoms with Gasteiger partial charge >= 0.3 is 0 Å². The summed E-state index contributed by atoms with van der Waals surface area (Å²) < 4.78 is 1.21. The van der Waals surface area contributed by atoms with Crippen molar-refractivity contribution in [2.24, 2.45) is 0 Å². The molecule has 1 atom stereocenters. The van der Waals surface area contributed by atoms with Crippen molar-refractivity contribution >= 4 is 15.9 Å². The third-order valence-corrected chi connectivity index (χ3v) is 5.56. The Labute approximate surface area is 136 Å². The van der Waals surface area contributed by atoms with Crippen LogP contribution in [0.5, 0.6) is 0 Å². The summed E-state index contributed by atoms with van der Waals surface area (Å²) in [6, 6.07) is 9.92. The average molecular weight is 352 g/mol. The minimum atomic E-state index is 0.432. The van der Waals surface area contributed by atoms with Gasteiger partial charge in [0.05, 0.1) is 0 Å². The highest BCUT2D eigenvalue weighted by Gasteiger charge is 2.31. The molecule has 1 saturated heterocycles. The molecule has 1 aliphatic carbocycles. The molecule has 2 fully saturated rings. The van der Waals surface area contributed by atoms with Gasteiger partial charge in [-0.1, -0.05) is 34.1 Å². The number of hydrogen-bond acceptors (Lipinski definition) is 3. The molecule has 1 aliphatic heterocycles. The second-order valence-electron chi connectivity index (χ2n) is 6.26. The smallest absolute Gasteiger partial charge is 0.0340 e. The Morgan fingerprint density at radius 3 is 2.52 bits per heavy atom. The van der Waals surface area contributed by atoms with Crippen molar-refractivity contribution in [1.29, 1.82) is 0 Å². The van der Waals surface area contributed by atoms with Crippen LogP contribution in [0.4, 0.5) is 0 Å². The average Bonchev–Trinajstić information content (AvgIpc) is 3.35. The summed E-state index contributed by atoms with van der Waals surface area (Å²) in [5, 5.41) is 3.47. The summed E-state index contributed by atoms with van der Waals surface area (Å²) in [5.41, 5.74) is 1.37. The summed E-state index contributed by atoms with van der Waals surface area (Å²) in [6.45, 7) is 6.20. The molecule has 1 aromatic rings. The third kappa shape index (κ3) is 4.07. The van der Waals surface area contributed by atoms with Crippen molar-refractivity contribution in [1.82, 2.24) is 15.1 Å². The van der Waals surface area contributed by atoms with Crippen molar-refractivity contribution in [3.05, 3.63) is 34.3 Å². The van der Waals surface area contributed by atoms with E-state index in [0.717, 1.165) is 6.04 Å². The fourth-order valence-electron chi connectivity index (χ4n) is 3.32. The molecule has 2 aliphatic rings. The van der Waals surface area contributed by atoms with Crippen LogP contribution in [0.15, 0.2) is 28.7 Å². The number of rotatable bonds is 6. The molecule has 1 heterocycles. The predicted octanol–water partition coefficient (Wildman–Crippen LogP) is 2.88. The molecular weight excluding hydrogens is 326 g/mol. The van der Waals surface area contributed by atoms with Crippen molar-refractivity contribution < 1.29 is 0 Å². The maximum absolute atomic E-state index is 3.67. The second-order valence-corrected chi connectivity index (χ2v) is 7.11. The van der Waals surface area contributed by atoms with Gasteiger partial charge in [0.1, 0.15) is 0 Å². The Hall–Kier alpha value is -0.420. The Kier molecular flexibility index (Phi) is 5.33. The van der Waals surface area contributed by atoms with Gasteiger partial charge in [0.2, 0.25) is 0 Å². The van der Waals surface area contributed by atoms with Gasteiger partial charge in [-0.15, -0.1) is 0 Å². The summed E-state index contributed by atoms with van der Waals surface area (Å²) in [7, 11) is 2.06. The first kappa shape index (κ1) is 15.5. The lowest BCUT2D eigenvalue weighted by Gasteiger charge is -2.35. The van der Waals surface area contributed by atoms with Crippen molar-refractivity contribution in [2.45, 2.75) is 31.3 Å². The van der Waals surface area contributed by atoms with E-state index in [-0.39, 0.29) is 0 Å². The molecule has 3 nitrogen and oxygen atoms in total. The first-order chi connectivity index (χ1) is 10.3. The zero-order valence-electron chi connectivity index (χ0n) is 12.9. The van der Waals surface area contributed by atoms with E-state index in [0.29, 0.717) is 6.04 Å². The van der Waals surface area contributed by atoms with E-state index in [1.54, 1.807) is 0 Å². The molecule has 0 aromatic heterocycles. The molecule has 1 aromatic carbocycles. The monoisotopic (exact) mass is 351 g/mol. The number of halogens is 1. The normalized spacial score (nSPS) is 22.4. The fraction of sp³-hybridized carbons (Fsp3) is 0.647. The quantitative estimate of drug-likeness (QED) is 0.849. The number of nitrogens with zero attached hydrogens (tertiary/aromatic N) is 2. The van der Waals surface area contributed by atoms with Gasteiger partial charge in [-0.3, -0.25) is 4.90 Å². The van der Waals surface area contributed by atoms with Gasteiger partial charge in [0.25, 0.3) is 0 Å². The van der Waals surface area contributed by atoms with Crippen LogP contribution in [0.2, 0.25) is 0 Å². The minimum absolute atomic E-state index is 0.432. The molecule has 0 amide bonds. The molecule has 0 bridgehead atoms. The van der Waals surface area contributed by atoms with Gasteiger partial charge < -0.3 is 10.2 Å². The fourth-order valence-corrected chi connectivity index (χ4v) is 3.88. The third-order valence-electron chi connectivity index (χ3n) is 4.83. The molecule has 116 valence electrons. The summed E-state index contributed by atoms with van der Waals surface area (Å²) in [4.78, 5) is 5.31. The van der Waals surface area contributed by atoms with Crippen molar-refractivity contribution in [3.63, 3.8) is 0 Å². The lowest BCUT2D eigenvalue weighted by atomic mass is 10.0. The lowest BCUT2D eigenvalue weighted by Crippen LogP contribution is -2.47. The zero-order valence-corrected chi connectivity index (χ0v) is 14.5. The standard InChI is InChI=1S/C17H26BrN3/c1-19-17(15-4-2-3-5-16(15)18)8-9-20-10-12-21(13-11-20)14-6-7-14/h2-5,14,17,19H,6-13H2,1H3. The van der Waals surface area contributed by atoms with Crippen LogP contribution in [0.3, 0.4) is 0 Å². The van der Waals surface area contributed by atoms with Crippen LogP contribution in [0.1, 0.15) is 30.9 Å². The van der Waals surface area contributed by atoms with E-state index in [1.807, 2.05) is 0 Å². The first-order valence-corrected chi connectivity index (χ1v) is 8.95. The van der Waals surface area contributed by atoms with E-state index >= 15 is 0 Å². The van der Waals surface area contributed by atoms with Crippen LogP contribution in [0, 0.1) is 0 Å². The number of piperazine rings is 1. The highest BCUT2D eigenvalue weighted by Crippen LogP contribution is 2.28. The largest absolute Gasteiger partial charge is 0.313 e. The predicted molar refractivity (Wildman–Crippen MR) is 91.6 cm³/mol. The van der Waals surface area contributed by atoms with Gasteiger partial charge in [-0.05, 0) is 37.9 Å². The lowest BCUT2D eigenvalue weighted by molar-refractivity contribution is 0.123. The molecule has 3 rings (SSSR count). The molecule has 0 radical (unpaired) electrons. The van der Waals surface area contributed by atoms with Crippen molar-refractivity contribution in [2.75, 3.05) is 39.8 Å². The molecule has 21 heavy (non-hydrogen) atoms. The molecule has 1 saturated carbocycles. The summed E-state index contributed by atoms with van der Waals surface area (Å²) in [5.74, 6) is 0. The van der Waals surface area contributed by atoms with Crippen LogP contribution >= 0.6 is 15.9 Å². The topological polar surface area (TPSA) is 18.5 Å². The number of nitrogens with one attached hydrogen (secondary N) is 1. The van der Waals surface area contributed by atoms with E-state index in [1.165, 1.54) is 62.0 Å². The van der Waals surface area contributed by atoms with Gasteiger partial charge in [-0.2, -0.15) is 0 Å². The Morgan fingerprint density at radius 1 is 1.19 bits per heavy atom. The maximum atomic E-state index is 3.67. The van der Waals surface area contributed by atoms with E-state index in [4.69, 9.17) is 0 Å². The van der Waals surface area contributed by atoms with Gasteiger partial charge in [0, 0.05) is 49.3 Å². The summed E-state index contributed by atoms with van der Waals surface area (Å²) in [6.07, 6.45) is 4.04. The first-order valence-electron chi connectivity index (χ1n) is 8.16. The number of benzene rings is 1. The number of hydrogen-bond donors (Lipinski definition) is 1. The molecule has 0 spiro atoms. The van der Waals surface area contributed by atoms with Crippen LogP contribution in [-0.4, -0.2) is 55.6 Å².